The molecule has 2 aromatic heterocycles. The first-order chi connectivity index (χ1) is 27.7. The van der Waals surface area contributed by atoms with Crippen LogP contribution < -0.4 is 0 Å². The lowest BCUT2D eigenvalue weighted by molar-refractivity contribution is 1.07. The van der Waals surface area contributed by atoms with E-state index in [4.69, 9.17) is 19.9 Å². The highest BCUT2D eigenvalue weighted by molar-refractivity contribution is 6.17. The molecular weight excluding hydrogens is 681 g/mol. The molecule has 0 amide bonds. The van der Waals surface area contributed by atoms with Gasteiger partial charge >= 0.3 is 0 Å². The number of pyridine rings is 1. The van der Waals surface area contributed by atoms with E-state index in [9.17, 15) is 0 Å². The van der Waals surface area contributed by atoms with E-state index in [1.165, 1.54) is 16.5 Å². The lowest BCUT2D eigenvalue weighted by Gasteiger charge is -2.14. The average molecular weight is 715 g/mol. The number of hydrogen-bond acceptors (Lipinski definition) is 4. The SMILES string of the molecule is c1ccc(-c2nc(-c3ccccc3)nc(-c3ccc(-c4ccc(-c5ccc(-c6nc7ccccc7c7c(-c8ccccc8)cccc67)cc5)cc4)cc3)n2)cc1. The minimum absolute atomic E-state index is 0.645. The first-order valence-corrected chi connectivity index (χ1v) is 18.8. The summed E-state index contributed by atoms with van der Waals surface area (Å²) in [5.74, 6) is 1.95. The van der Waals surface area contributed by atoms with Crippen LogP contribution in [0, 0.1) is 0 Å². The van der Waals surface area contributed by atoms with Gasteiger partial charge in [-0.05, 0) is 39.4 Å². The zero-order valence-corrected chi connectivity index (χ0v) is 30.4. The Labute approximate surface area is 325 Å². The lowest BCUT2D eigenvalue weighted by Crippen LogP contribution is -2.00. The fraction of sp³-hybridized carbons (Fsp3) is 0. The van der Waals surface area contributed by atoms with Gasteiger partial charge < -0.3 is 0 Å². The van der Waals surface area contributed by atoms with Crippen LogP contribution in [0.5, 0.6) is 0 Å². The molecule has 0 spiro atoms. The maximum atomic E-state index is 5.21. The van der Waals surface area contributed by atoms with E-state index in [1.807, 2.05) is 60.7 Å². The van der Waals surface area contributed by atoms with E-state index in [-0.39, 0.29) is 0 Å². The standard InChI is InChI=1S/C52H34N4/c1-4-13-39(14-5-1)44-20-12-21-46-48(44)45-19-10-11-22-47(45)53-49(46)40-31-27-37(28-32-40)35-23-25-36(26-24-35)38-29-33-43(34-30-38)52-55-50(41-15-6-2-7-16-41)54-51(56-52)42-17-8-3-9-18-42/h1-34H. The molecule has 8 aromatic carbocycles. The summed E-state index contributed by atoms with van der Waals surface area (Å²) in [4.78, 5) is 19.8. The minimum atomic E-state index is 0.645. The van der Waals surface area contributed by atoms with Crippen molar-refractivity contribution in [3.05, 3.63) is 206 Å². The van der Waals surface area contributed by atoms with Crippen LogP contribution in [-0.2, 0) is 0 Å². The van der Waals surface area contributed by atoms with E-state index in [2.05, 4.69) is 146 Å². The third kappa shape index (κ3) is 6.29. The van der Waals surface area contributed by atoms with Gasteiger partial charge in [0.25, 0.3) is 0 Å². The Kier molecular flexibility index (Phi) is 8.47. The van der Waals surface area contributed by atoms with Gasteiger partial charge in [0, 0.05) is 38.4 Å². The van der Waals surface area contributed by atoms with Gasteiger partial charge in [0.15, 0.2) is 17.5 Å². The Balaban J connectivity index is 0.936. The molecule has 0 saturated heterocycles. The second-order valence-electron chi connectivity index (χ2n) is 13.8. The molecule has 0 fully saturated rings. The summed E-state index contributed by atoms with van der Waals surface area (Å²) in [6.45, 7) is 0. The molecule has 0 radical (unpaired) electrons. The number of hydrogen-bond donors (Lipinski definition) is 0. The van der Waals surface area contributed by atoms with Crippen LogP contribution in [0.1, 0.15) is 0 Å². The number of aromatic nitrogens is 4. The number of para-hydroxylation sites is 1. The van der Waals surface area contributed by atoms with Crippen molar-refractivity contribution in [2.45, 2.75) is 0 Å². The zero-order valence-electron chi connectivity index (χ0n) is 30.4. The van der Waals surface area contributed by atoms with Gasteiger partial charge in [-0.25, -0.2) is 19.9 Å². The summed E-state index contributed by atoms with van der Waals surface area (Å²) >= 11 is 0. The monoisotopic (exact) mass is 714 g/mol. The maximum absolute atomic E-state index is 5.21. The van der Waals surface area contributed by atoms with Crippen molar-refractivity contribution in [2.24, 2.45) is 0 Å². The first-order valence-electron chi connectivity index (χ1n) is 18.8. The Morgan fingerprint density at radius 1 is 0.232 bits per heavy atom. The average Bonchev–Trinajstić information content (AvgIpc) is 3.29. The molecule has 2 heterocycles. The minimum Gasteiger partial charge on any atom is -0.247 e. The number of rotatable bonds is 7. The Bertz CT molecular complexity index is 2910. The Morgan fingerprint density at radius 3 is 1.11 bits per heavy atom. The smallest absolute Gasteiger partial charge is 0.164 e. The summed E-state index contributed by atoms with van der Waals surface area (Å²) in [5, 5.41) is 3.54. The van der Waals surface area contributed by atoms with Crippen LogP contribution in [0.15, 0.2) is 206 Å². The van der Waals surface area contributed by atoms with Crippen LogP contribution in [0.25, 0.3) is 100 Å². The van der Waals surface area contributed by atoms with Crippen LogP contribution in [-0.4, -0.2) is 19.9 Å². The molecule has 10 aromatic rings. The molecule has 0 aliphatic heterocycles. The van der Waals surface area contributed by atoms with Gasteiger partial charge in [-0.3, -0.25) is 0 Å². The van der Waals surface area contributed by atoms with Crippen molar-refractivity contribution >= 4 is 21.7 Å². The van der Waals surface area contributed by atoms with Gasteiger partial charge in [-0.15, -0.1) is 0 Å². The molecule has 0 unspecified atom stereocenters. The van der Waals surface area contributed by atoms with Crippen molar-refractivity contribution in [3.63, 3.8) is 0 Å². The molecule has 0 saturated carbocycles. The summed E-state index contributed by atoms with van der Waals surface area (Å²) in [7, 11) is 0. The van der Waals surface area contributed by atoms with Crippen LogP contribution in [0.4, 0.5) is 0 Å². The third-order valence-corrected chi connectivity index (χ3v) is 10.4. The third-order valence-electron chi connectivity index (χ3n) is 10.4. The summed E-state index contributed by atoms with van der Waals surface area (Å²) in [6, 6.07) is 71.8. The fourth-order valence-electron chi connectivity index (χ4n) is 7.51. The number of benzene rings is 8. The molecule has 262 valence electrons. The molecule has 4 heteroatoms. The van der Waals surface area contributed by atoms with Crippen LogP contribution in [0.3, 0.4) is 0 Å². The predicted octanol–water partition coefficient (Wildman–Crippen LogP) is 13.2. The molecule has 0 aliphatic carbocycles. The van der Waals surface area contributed by atoms with E-state index >= 15 is 0 Å². The number of nitrogens with zero attached hydrogens (tertiary/aromatic N) is 4. The Hall–Kier alpha value is -7.56. The molecule has 0 N–H and O–H groups in total. The summed E-state index contributed by atoms with van der Waals surface area (Å²) < 4.78 is 0. The molecule has 56 heavy (non-hydrogen) atoms. The van der Waals surface area contributed by atoms with Gasteiger partial charge in [0.05, 0.1) is 11.2 Å². The molecule has 10 rings (SSSR count). The highest BCUT2D eigenvalue weighted by atomic mass is 15.0. The predicted molar refractivity (Wildman–Crippen MR) is 231 cm³/mol. The topological polar surface area (TPSA) is 51.6 Å². The fourth-order valence-corrected chi connectivity index (χ4v) is 7.51. The highest BCUT2D eigenvalue weighted by Gasteiger charge is 2.15. The van der Waals surface area contributed by atoms with Crippen molar-refractivity contribution in [3.8, 4) is 78.8 Å². The van der Waals surface area contributed by atoms with Crippen LogP contribution >= 0.6 is 0 Å². The van der Waals surface area contributed by atoms with Gasteiger partial charge in [-0.1, -0.05) is 200 Å². The summed E-state index contributed by atoms with van der Waals surface area (Å²) in [5.41, 5.74) is 12.9. The van der Waals surface area contributed by atoms with Crippen molar-refractivity contribution in [1.82, 2.24) is 19.9 Å². The van der Waals surface area contributed by atoms with E-state index in [1.54, 1.807) is 0 Å². The highest BCUT2D eigenvalue weighted by Crippen LogP contribution is 2.39. The quantitative estimate of drug-likeness (QED) is 0.154. The van der Waals surface area contributed by atoms with E-state index < -0.39 is 0 Å². The molecule has 0 bridgehead atoms. The number of fused-ring (bicyclic) bond motifs is 3. The van der Waals surface area contributed by atoms with Crippen molar-refractivity contribution < 1.29 is 0 Å². The second-order valence-corrected chi connectivity index (χ2v) is 13.8. The molecule has 0 atom stereocenters. The zero-order chi connectivity index (χ0) is 37.3. The largest absolute Gasteiger partial charge is 0.247 e. The molecule has 4 nitrogen and oxygen atoms in total. The van der Waals surface area contributed by atoms with E-state index in [0.717, 1.165) is 66.5 Å². The van der Waals surface area contributed by atoms with Gasteiger partial charge in [-0.2, -0.15) is 0 Å². The second kappa shape index (κ2) is 14.3. The van der Waals surface area contributed by atoms with E-state index in [0.29, 0.717) is 17.5 Å². The first kappa shape index (κ1) is 33.0. The van der Waals surface area contributed by atoms with Crippen LogP contribution in [0.2, 0.25) is 0 Å². The summed E-state index contributed by atoms with van der Waals surface area (Å²) in [6.07, 6.45) is 0. The van der Waals surface area contributed by atoms with Crippen molar-refractivity contribution in [1.29, 1.82) is 0 Å². The maximum Gasteiger partial charge on any atom is 0.164 e. The molecular formula is C52H34N4. The Morgan fingerprint density at radius 2 is 0.607 bits per heavy atom. The van der Waals surface area contributed by atoms with Crippen molar-refractivity contribution in [2.75, 3.05) is 0 Å². The molecule has 0 aliphatic rings. The van der Waals surface area contributed by atoms with Gasteiger partial charge in [0.1, 0.15) is 0 Å². The lowest BCUT2D eigenvalue weighted by atomic mass is 9.92. The van der Waals surface area contributed by atoms with Gasteiger partial charge in [0.2, 0.25) is 0 Å². The normalized spacial score (nSPS) is 11.2.